The molecule has 2 aromatic carbocycles. The van der Waals surface area contributed by atoms with Crippen LogP contribution >= 0.6 is 23.2 Å². The Kier molecular flexibility index (Phi) is 7.30. The Morgan fingerprint density at radius 1 is 1.16 bits per heavy atom. The van der Waals surface area contributed by atoms with Gasteiger partial charge in [-0.15, -0.1) is 5.10 Å². The van der Waals surface area contributed by atoms with Gasteiger partial charge in [-0.1, -0.05) is 49.2 Å². The second-order valence-corrected chi connectivity index (χ2v) is 8.35. The van der Waals surface area contributed by atoms with E-state index in [1.807, 2.05) is 13.8 Å². The second kappa shape index (κ2) is 9.79. The number of alkyl halides is 5. The molecule has 1 heterocycles. The fourth-order valence-corrected chi connectivity index (χ4v) is 2.79. The van der Waals surface area contributed by atoms with Crippen LogP contribution in [0.4, 0.5) is 18.9 Å². The summed E-state index contributed by atoms with van der Waals surface area (Å²) >= 11 is 11.1. The third-order valence-corrected chi connectivity index (χ3v) is 4.56. The fourth-order valence-electron chi connectivity index (χ4n) is 2.68. The van der Waals surface area contributed by atoms with E-state index in [0.29, 0.717) is 18.0 Å². The number of hydrogen-bond donors (Lipinski definition) is 1. The number of ether oxygens (including phenoxy) is 1. The van der Waals surface area contributed by atoms with Gasteiger partial charge in [-0.25, -0.2) is 4.68 Å². The van der Waals surface area contributed by atoms with E-state index in [9.17, 15) is 18.0 Å². The Labute approximate surface area is 192 Å². The number of amides is 1. The highest BCUT2D eigenvalue weighted by Gasteiger charge is 2.31. The van der Waals surface area contributed by atoms with E-state index in [1.165, 1.54) is 16.8 Å². The molecule has 1 amide bonds. The van der Waals surface area contributed by atoms with E-state index in [2.05, 4.69) is 15.4 Å². The first-order chi connectivity index (χ1) is 15.0. The van der Waals surface area contributed by atoms with Crippen molar-refractivity contribution in [2.75, 3.05) is 11.9 Å². The van der Waals surface area contributed by atoms with Crippen LogP contribution in [-0.2, 0) is 11.0 Å². The standard InChI is InChI=1S/C21H19Cl2F3N4O2/c1-12(2)11-32-20-28-18(13-4-3-5-14(10-13)21(24,25)26)30(29-20)16-8-6-15(7-9-16)27-19(31)17(22)23/h3-10,12,17H,11H2,1-2H3,(H,27,31). The van der Waals surface area contributed by atoms with Gasteiger partial charge in [0.15, 0.2) is 10.7 Å². The van der Waals surface area contributed by atoms with Crippen molar-refractivity contribution in [3.05, 3.63) is 54.1 Å². The number of nitrogens with one attached hydrogen (secondary N) is 1. The van der Waals surface area contributed by atoms with Crippen molar-refractivity contribution in [2.45, 2.75) is 24.9 Å². The van der Waals surface area contributed by atoms with Gasteiger partial charge in [0.2, 0.25) is 0 Å². The minimum Gasteiger partial charge on any atom is -0.462 e. The maximum absolute atomic E-state index is 13.2. The van der Waals surface area contributed by atoms with Crippen LogP contribution < -0.4 is 10.1 Å². The van der Waals surface area contributed by atoms with Gasteiger partial charge in [0, 0.05) is 11.3 Å². The molecule has 0 fully saturated rings. The molecule has 6 nitrogen and oxygen atoms in total. The lowest BCUT2D eigenvalue weighted by molar-refractivity contribution is -0.137. The minimum atomic E-state index is -4.50. The van der Waals surface area contributed by atoms with Crippen molar-refractivity contribution < 1.29 is 22.7 Å². The van der Waals surface area contributed by atoms with Crippen molar-refractivity contribution >= 4 is 34.8 Å². The zero-order valence-corrected chi connectivity index (χ0v) is 18.5. The van der Waals surface area contributed by atoms with Crippen LogP contribution in [0, 0.1) is 5.92 Å². The van der Waals surface area contributed by atoms with Gasteiger partial charge in [-0.3, -0.25) is 4.79 Å². The zero-order valence-electron chi connectivity index (χ0n) is 17.0. The van der Waals surface area contributed by atoms with Gasteiger partial charge in [0.1, 0.15) is 0 Å². The Hall–Kier alpha value is -2.78. The van der Waals surface area contributed by atoms with E-state index < -0.39 is 22.5 Å². The quantitative estimate of drug-likeness (QED) is 0.433. The van der Waals surface area contributed by atoms with Crippen LogP contribution in [0.3, 0.4) is 0 Å². The van der Waals surface area contributed by atoms with Crippen molar-refractivity contribution in [1.82, 2.24) is 14.8 Å². The monoisotopic (exact) mass is 486 g/mol. The lowest BCUT2D eigenvalue weighted by Gasteiger charge is -2.10. The van der Waals surface area contributed by atoms with E-state index in [0.717, 1.165) is 12.1 Å². The predicted octanol–water partition coefficient (Wildman–Crippen LogP) is 5.73. The van der Waals surface area contributed by atoms with Crippen LogP contribution in [0.1, 0.15) is 19.4 Å². The molecule has 0 radical (unpaired) electrons. The molecule has 3 rings (SSSR count). The molecule has 0 spiro atoms. The number of nitrogens with zero attached hydrogens (tertiary/aromatic N) is 3. The van der Waals surface area contributed by atoms with Gasteiger partial charge in [0.25, 0.3) is 5.91 Å². The van der Waals surface area contributed by atoms with Gasteiger partial charge in [-0.05, 0) is 42.3 Å². The molecule has 0 unspecified atom stereocenters. The topological polar surface area (TPSA) is 69.0 Å². The summed E-state index contributed by atoms with van der Waals surface area (Å²) in [6.45, 7) is 4.24. The molecule has 1 N–H and O–H groups in total. The molecular weight excluding hydrogens is 468 g/mol. The highest BCUT2D eigenvalue weighted by Crippen LogP contribution is 2.33. The molecule has 0 saturated carbocycles. The van der Waals surface area contributed by atoms with Crippen molar-refractivity contribution in [3.8, 4) is 23.1 Å². The Bertz CT molecular complexity index is 1080. The number of aromatic nitrogens is 3. The zero-order chi connectivity index (χ0) is 23.5. The van der Waals surface area contributed by atoms with E-state index in [4.69, 9.17) is 27.9 Å². The molecule has 11 heteroatoms. The van der Waals surface area contributed by atoms with E-state index >= 15 is 0 Å². The Morgan fingerprint density at radius 3 is 2.44 bits per heavy atom. The normalized spacial score (nSPS) is 11.8. The Balaban J connectivity index is 2.00. The molecule has 170 valence electrons. The summed E-state index contributed by atoms with van der Waals surface area (Å²) in [6, 6.07) is 11.2. The minimum absolute atomic E-state index is 0.0376. The number of rotatable bonds is 7. The molecule has 0 aliphatic heterocycles. The van der Waals surface area contributed by atoms with Crippen LogP contribution in [-0.4, -0.2) is 32.1 Å². The summed E-state index contributed by atoms with van der Waals surface area (Å²) in [5.74, 6) is -0.210. The summed E-state index contributed by atoms with van der Waals surface area (Å²) < 4.78 is 46.6. The number of hydrogen-bond acceptors (Lipinski definition) is 4. The summed E-state index contributed by atoms with van der Waals surface area (Å²) in [4.78, 5) is 14.7. The second-order valence-electron chi connectivity index (χ2n) is 7.25. The molecule has 0 aliphatic carbocycles. The lowest BCUT2D eigenvalue weighted by Crippen LogP contribution is -2.18. The first kappa shape index (κ1) is 23.9. The highest BCUT2D eigenvalue weighted by molar-refractivity contribution is 6.54. The molecular formula is C21H19Cl2F3N4O2. The van der Waals surface area contributed by atoms with E-state index in [1.54, 1.807) is 24.3 Å². The molecule has 0 saturated heterocycles. The first-order valence-corrected chi connectivity index (χ1v) is 10.4. The van der Waals surface area contributed by atoms with Gasteiger partial charge in [-0.2, -0.15) is 18.2 Å². The fraction of sp³-hybridized carbons (Fsp3) is 0.286. The first-order valence-electron chi connectivity index (χ1n) is 9.51. The number of carbonyl (C=O) groups excluding carboxylic acids is 1. The number of halogens is 5. The number of benzene rings is 2. The lowest BCUT2D eigenvalue weighted by atomic mass is 10.1. The summed E-state index contributed by atoms with van der Waals surface area (Å²) in [6.07, 6.45) is -4.50. The van der Waals surface area contributed by atoms with Crippen LogP contribution in [0.25, 0.3) is 17.1 Å². The SMILES string of the molecule is CC(C)COc1nc(-c2cccc(C(F)(F)F)c2)n(-c2ccc(NC(=O)C(Cl)Cl)cc2)n1. The largest absolute Gasteiger partial charge is 0.462 e. The predicted molar refractivity (Wildman–Crippen MR) is 116 cm³/mol. The molecule has 32 heavy (non-hydrogen) atoms. The van der Waals surface area contributed by atoms with Crippen molar-refractivity contribution in [3.63, 3.8) is 0 Å². The summed E-state index contributed by atoms with van der Waals surface area (Å²) in [5.41, 5.74) is 0.345. The van der Waals surface area contributed by atoms with Crippen molar-refractivity contribution in [2.24, 2.45) is 5.92 Å². The van der Waals surface area contributed by atoms with Gasteiger partial charge < -0.3 is 10.1 Å². The van der Waals surface area contributed by atoms with Crippen molar-refractivity contribution in [1.29, 1.82) is 0 Å². The Morgan fingerprint density at radius 2 is 1.84 bits per heavy atom. The number of anilines is 1. The van der Waals surface area contributed by atoms with Crippen LogP contribution in [0.15, 0.2) is 48.5 Å². The number of carbonyl (C=O) groups is 1. The smallest absolute Gasteiger partial charge is 0.416 e. The van der Waals surface area contributed by atoms with Gasteiger partial charge >= 0.3 is 12.2 Å². The summed E-state index contributed by atoms with van der Waals surface area (Å²) in [5, 5.41) is 6.84. The average Bonchev–Trinajstić information content (AvgIpc) is 3.16. The third kappa shape index (κ3) is 5.92. The summed E-state index contributed by atoms with van der Waals surface area (Å²) in [7, 11) is 0. The van der Waals surface area contributed by atoms with Crippen LogP contribution in [0.2, 0.25) is 0 Å². The molecule has 3 aromatic rings. The maximum atomic E-state index is 13.2. The van der Waals surface area contributed by atoms with Gasteiger partial charge in [0.05, 0.1) is 17.9 Å². The van der Waals surface area contributed by atoms with E-state index in [-0.39, 0.29) is 23.3 Å². The highest BCUT2D eigenvalue weighted by atomic mass is 35.5. The average molecular weight is 487 g/mol. The molecule has 0 atom stereocenters. The molecule has 0 bridgehead atoms. The molecule has 1 aromatic heterocycles. The molecule has 0 aliphatic rings. The third-order valence-electron chi connectivity index (χ3n) is 4.16. The maximum Gasteiger partial charge on any atom is 0.416 e. The van der Waals surface area contributed by atoms with Crippen LogP contribution in [0.5, 0.6) is 6.01 Å².